The van der Waals surface area contributed by atoms with E-state index in [9.17, 15) is 18.0 Å². The monoisotopic (exact) mass is 475 g/mol. The van der Waals surface area contributed by atoms with E-state index in [-0.39, 0.29) is 30.7 Å². The van der Waals surface area contributed by atoms with Crippen LogP contribution in [-0.4, -0.2) is 43.7 Å². The molecule has 0 fully saturated rings. The van der Waals surface area contributed by atoms with Gasteiger partial charge in [-0.1, -0.05) is 18.2 Å². The Morgan fingerprint density at radius 3 is 2.55 bits per heavy atom. The van der Waals surface area contributed by atoms with Gasteiger partial charge in [-0.15, -0.1) is 0 Å². The van der Waals surface area contributed by atoms with Crippen LogP contribution < -0.4 is 9.04 Å². The third kappa shape index (κ3) is 6.25. The zero-order valence-corrected chi connectivity index (χ0v) is 20.0. The molecule has 0 unspecified atom stereocenters. The number of nitrogens with zero attached hydrogens (tertiary/aromatic N) is 1. The van der Waals surface area contributed by atoms with Crippen LogP contribution in [0.25, 0.3) is 0 Å². The van der Waals surface area contributed by atoms with Gasteiger partial charge in [-0.3, -0.25) is 13.9 Å². The number of aryl methyl sites for hydroxylation is 1. The van der Waals surface area contributed by atoms with Gasteiger partial charge in [0.15, 0.2) is 0 Å². The summed E-state index contributed by atoms with van der Waals surface area (Å²) >= 11 is 0. The van der Waals surface area contributed by atoms with Gasteiger partial charge >= 0.3 is 11.9 Å². The van der Waals surface area contributed by atoms with E-state index in [1.165, 1.54) is 10.4 Å². The number of rotatable bonds is 7. The predicted octanol–water partition coefficient (Wildman–Crippen LogP) is 3.70. The van der Waals surface area contributed by atoms with Gasteiger partial charge in [0.05, 0.1) is 23.5 Å². The molecule has 2 aromatic carbocycles. The van der Waals surface area contributed by atoms with Gasteiger partial charge in [0.25, 0.3) is 10.0 Å². The number of fused-ring (bicyclic) bond motifs is 1. The average molecular weight is 476 g/mol. The van der Waals surface area contributed by atoms with Crippen molar-refractivity contribution in [3.05, 3.63) is 53.6 Å². The fourth-order valence-corrected chi connectivity index (χ4v) is 5.18. The molecule has 1 N–H and O–H groups in total. The number of carbonyl (C=O) groups is 2. The van der Waals surface area contributed by atoms with E-state index in [1.54, 1.807) is 64.1 Å². The fraction of sp³-hybridized carbons (Fsp3) is 0.417. The minimum Gasteiger partial charge on any atom is -0.486 e. The van der Waals surface area contributed by atoms with Crippen LogP contribution in [0.4, 0.5) is 5.69 Å². The lowest BCUT2D eigenvalue weighted by Gasteiger charge is -2.35. The van der Waals surface area contributed by atoms with Gasteiger partial charge in [0, 0.05) is 6.42 Å². The summed E-state index contributed by atoms with van der Waals surface area (Å²) in [6.45, 7) is 7.10. The lowest BCUT2D eigenvalue weighted by Crippen LogP contribution is -2.43. The second-order valence-corrected chi connectivity index (χ2v) is 11.0. The minimum atomic E-state index is -3.95. The van der Waals surface area contributed by atoms with Crippen LogP contribution in [-0.2, 0) is 30.8 Å². The molecule has 1 aliphatic rings. The fourth-order valence-electron chi connectivity index (χ4n) is 3.58. The van der Waals surface area contributed by atoms with Crippen LogP contribution in [0.2, 0.25) is 0 Å². The maximum atomic E-state index is 13.6. The number of sulfonamides is 1. The largest absolute Gasteiger partial charge is 0.486 e. The SMILES string of the molecule is Cc1cccc(S(=O)(=O)N2C[C@H](CCC(=O)O)Oc3ccc(CC(=O)OC(C)(C)C)cc32)c1. The maximum Gasteiger partial charge on any atom is 0.310 e. The summed E-state index contributed by atoms with van der Waals surface area (Å²) in [4.78, 5) is 23.5. The Bertz CT molecular complexity index is 1150. The van der Waals surface area contributed by atoms with E-state index in [0.29, 0.717) is 17.0 Å². The van der Waals surface area contributed by atoms with Crippen LogP contribution >= 0.6 is 0 Å². The minimum absolute atomic E-state index is 0.0225. The van der Waals surface area contributed by atoms with Gasteiger partial charge in [0.2, 0.25) is 0 Å². The predicted molar refractivity (Wildman–Crippen MR) is 123 cm³/mol. The zero-order chi connectivity index (χ0) is 24.4. The lowest BCUT2D eigenvalue weighted by molar-refractivity contribution is -0.154. The molecule has 2 aromatic rings. The second kappa shape index (κ2) is 9.43. The highest BCUT2D eigenvalue weighted by Crippen LogP contribution is 2.39. The lowest BCUT2D eigenvalue weighted by atomic mass is 10.1. The molecule has 0 amide bonds. The Hall–Kier alpha value is -3.07. The molecule has 0 aromatic heterocycles. The molecule has 33 heavy (non-hydrogen) atoms. The number of carboxylic acids is 1. The number of hydrogen-bond donors (Lipinski definition) is 1. The molecule has 0 saturated heterocycles. The zero-order valence-electron chi connectivity index (χ0n) is 19.2. The summed E-state index contributed by atoms with van der Waals surface area (Å²) in [7, 11) is -3.95. The van der Waals surface area contributed by atoms with Gasteiger partial charge in [-0.25, -0.2) is 8.42 Å². The Kier molecular flexibility index (Phi) is 7.02. The highest BCUT2D eigenvalue weighted by molar-refractivity contribution is 7.92. The number of carbonyl (C=O) groups excluding carboxylic acids is 1. The number of hydrogen-bond acceptors (Lipinski definition) is 6. The molecule has 0 bridgehead atoms. The number of esters is 1. The first-order valence-electron chi connectivity index (χ1n) is 10.7. The van der Waals surface area contributed by atoms with E-state index in [4.69, 9.17) is 14.6 Å². The van der Waals surface area contributed by atoms with Crippen LogP contribution in [0.3, 0.4) is 0 Å². The molecule has 178 valence electrons. The summed E-state index contributed by atoms with van der Waals surface area (Å²) in [5.41, 5.74) is 1.06. The van der Waals surface area contributed by atoms with Crippen LogP contribution in [0.5, 0.6) is 5.75 Å². The van der Waals surface area contributed by atoms with Crippen molar-refractivity contribution < 1.29 is 32.6 Å². The van der Waals surface area contributed by atoms with Crippen molar-refractivity contribution in [3.8, 4) is 5.75 Å². The number of ether oxygens (including phenoxy) is 2. The van der Waals surface area contributed by atoms with E-state index < -0.39 is 33.7 Å². The molecule has 1 atom stereocenters. The summed E-state index contributed by atoms with van der Waals surface area (Å²) < 4.78 is 39.7. The standard InChI is InChI=1S/C24H29NO7S/c1-16-6-5-7-19(12-16)33(29,30)25-15-18(9-11-22(26)27)31-21-10-8-17(13-20(21)25)14-23(28)32-24(2,3)4/h5-8,10,12-13,18H,9,11,14-15H2,1-4H3,(H,26,27)/t18-/m0/s1. The molecule has 1 heterocycles. The second-order valence-electron chi connectivity index (χ2n) is 9.09. The molecule has 3 rings (SSSR count). The number of anilines is 1. The Morgan fingerprint density at radius 2 is 1.91 bits per heavy atom. The Balaban J connectivity index is 1.99. The smallest absolute Gasteiger partial charge is 0.310 e. The molecule has 0 aliphatic carbocycles. The highest BCUT2D eigenvalue weighted by atomic mass is 32.2. The van der Waals surface area contributed by atoms with Gasteiger partial charge in [-0.05, 0) is 69.5 Å². The van der Waals surface area contributed by atoms with Gasteiger partial charge in [0.1, 0.15) is 17.5 Å². The summed E-state index contributed by atoms with van der Waals surface area (Å²) in [5.74, 6) is -1.09. The first kappa shape index (κ1) is 24.6. The molecule has 8 nitrogen and oxygen atoms in total. The van der Waals surface area contributed by atoms with Crippen LogP contribution in [0.1, 0.15) is 44.7 Å². The van der Waals surface area contributed by atoms with Crippen molar-refractivity contribution >= 4 is 27.6 Å². The number of carboxylic acid groups (broad SMARTS) is 1. The first-order chi connectivity index (χ1) is 15.3. The first-order valence-corrected chi connectivity index (χ1v) is 12.1. The molecule has 9 heteroatoms. The molecule has 1 aliphatic heterocycles. The van der Waals surface area contributed by atoms with Crippen molar-refractivity contribution in [2.45, 2.75) is 63.6 Å². The van der Waals surface area contributed by atoms with Gasteiger partial charge < -0.3 is 14.6 Å². The summed E-state index contributed by atoms with van der Waals surface area (Å²) in [6, 6.07) is 11.5. The molecule has 0 saturated carbocycles. The van der Waals surface area contributed by atoms with E-state index >= 15 is 0 Å². The molecular weight excluding hydrogens is 446 g/mol. The third-order valence-electron chi connectivity index (χ3n) is 4.98. The van der Waals surface area contributed by atoms with Gasteiger partial charge in [-0.2, -0.15) is 0 Å². The molecule has 0 spiro atoms. The highest BCUT2D eigenvalue weighted by Gasteiger charge is 2.35. The van der Waals surface area contributed by atoms with E-state index in [2.05, 4.69) is 0 Å². The normalized spacial score (nSPS) is 16.0. The van der Waals surface area contributed by atoms with Crippen LogP contribution in [0.15, 0.2) is 47.4 Å². The Labute approximate surface area is 194 Å². The summed E-state index contributed by atoms with van der Waals surface area (Å²) in [5, 5.41) is 9.04. The summed E-state index contributed by atoms with van der Waals surface area (Å²) in [6.07, 6.45) is -0.626. The molecular formula is C24H29NO7S. The van der Waals surface area contributed by atoms with E-state index in [0.717, 1.165) is 5.56 Å². The topological polar surface area (TPSA) is 110 Å². The van der Waals surface area contributed by atoms with Crippen molar-refractivity contribution in [1.82, 2.24) is 0 Å². The van der Waals surface area contributed by atoms with Crippen molar-refractivity contribution in [1.29, 1.82) is 0 Å². The van der Waals surface area contributed by atoms with Crippen molar-refractivity contribution in [2.24, 2.45) is 0 Å². The number of benzene rings is 2. The third-order valence-corrected chi connectivity index (χ3v) is 6.76. The average Bonchev–Trinajstić information content (AvgIpc) is 2.70. The quantitative estimate of drug-likeness (QED) is 0.608. The Morgan fingerprint density at radius 1 is 1.18 bits per heavy atom. The molecule has 0 radical (unpaired) electrons. The number of aliphatic carboxylic acids is 1. The van der Waals surface area contributed by atoms with E-state index in [1.807, 2.05) is 0 Å². The van der Waals surface area contributed by atoms with Crippen LogP contribution in [0, 0.1) is 6.92 Å². The van der Waals surface area contributed by atoms with Crippen molar-refractivity contribution in [2.75, 3.05) is 10.8 Å². The van der Waals surface area contributed by atoms with Crippen molar-refractivity contribution in [3.63, 3.8) is 0 Å². The maximum absolute atomic E-state index is 13.6.